The number of sulfonamides is 1. The van der Waals surface area contributed by atoms with Crippen LogP contribution in [0, 0.1) is 5.41 Å². The molecule has 0 N–H and O–H groups in total. The molecule has 0 amide bonds. The van der Waals surface area contributed by atoms with Gasteiger partial charge in [0.15, 0.2) is 11.0 Å². The zero-order valence-corrected chi connectivity index (χ0v) is 24.7. The number of fused-ring (bicyclic) bond motifs is 1. The van der Waals surface area contributed by atoms with Crippen LogP contribution in [-0.2, 0) is 23.0 Å². The standard InChI is InChI=1S/C30H39N5O2S2/c1-30(2)15-6-17-34(22-30)39(36,37)27-13-10-23-14-18-33(21-25(23)20-27)16-7-19-38-29-32-31-28(35(29)26-11-12-26)24-8-4-3-5-9-24/h3-5,8-10,13,20,26H,6-7,11-12,14-19,21-22H2,1-2H3. The highest BCUT2D eigenvalue weighted by atomic mass is 32.2. The fourth-order valence-corrected chi connectivity index (χ4v) is 8.59. The molecule has 0 radical (unpaired) electrons. The maximum absolute atomic E-state index is 13.5. The minimum atomic E-state index is -3.46. The van der Waals surface area contributed by atoms with E-state index in [4.69, 9.17) is 0 Å². The molecule has 2 aromatic carbocycles. The Hall–Kier alpha value is -2.20. The molecule has 7 nitrogen and oxygen atoms in total. The number of thioether (sulfide) groups is 1. The van der Waals surface area contributed by atoms with Gasteiger partial charge >= 0.3 is 0 Å². The summed E-state index contributed by atoms with van der Waals surface area (Å²) in [6.07, 6.45) is 6.42. The second kappa shape index (κ2) is 11.0. The molecule has 1 saturated carbocycles. The highest BCUT2D eigenvalue weighted by Gasteiger charge is 2.35. The SMILES string of the molecule is CC1(C)CCCN(S(=O)(=O)c2ccc3c(c2)CN(CCCSc2nnc(-c4ccccc4)n2C2CC2)CC3)C1. The molecule has 9 heteroatoms. The van der Waals surface area contributed by atoms with Gasteiger partial charge in [-0.2, -0.15) is 4.31 Å². The molecule has 3 aromatic rings. The van der Waals surface area contributed by atoms with Crippen molar-refractivity contribution in [1.29, 1.82) is 0 Å². The zero-order valence-electron chi connectivity index (χ0n) is 23.1. The van der Waals surface area contributed by atoms with Gasteiger partial charge in [-0.1, -0.05) is 62.0 Å². The molecular formula is C30H39N5O2S2. The minimum Gasteiger partial charge on any atom is -0.299 e. The maximum atomic E-state index is 13.5. The van der Waals surface area contributed by atoms with Crippen LogP contribution < -0.4 is 0 Å². The van der Waals surface area contributed by atoms with Gasteiger partial charge in [-0.25, -0.2) is 8.42 Å². The van der Waals surface area contributed by atoms with E-state index in [9.17, 15) is 8.42 Å². The molecule has 6 rings (SSSR count). The smallest absolute Gasteiger partial charge is 0.243 e. The summed E-state index contributed by atoms with van der Waals surface area (Å²) in [6, 6.07) is 16.7. The van der Waals surface area contributed by atoms with Crippen molar-refractivity contribution < 1.29 is 8.42 Å². The molecule has 1 aromatic heterocycles. The number of rotatable bonds is 9. The Morgan fingerprint density at radius 1 is 1.03 bits per heavy atom. The van der Waals surface area contributed by atoms with Crippen LogP contribution in [0.2, 0.25) is 0 Å². The predicted molar refractivity (Wildman–Crippen MR) is 156 cm³/mol. The van der Waals surface area contributed by atoms with Gasteiger partial charge in [0.1, 0.15) is 0 Å². The van der Waals surface area contributed by atoms with Crippen molar-refractivity contribution in [1.82, 2.24) is 24.0 Å². The van der Waals surface area contributed by atoms with Crippen LogP contribution in [-0.4, -0.2) is 64.3 Å². The van der Waals surface area contributed by atoms with Crippen molar-refractivity contribution in [2.75, 3.05) is 31.9 Å². The molecular weight excluding hydrogens is 526 g/mol. The van der Waals surface area contributed by atoms with Crippen LogP contribution in [0.1, 0.15) is 63.1 Å². The van der Waals surface area contributed by atoms with Crippen molar-refractivity contribution in [2.45, 2.75) is 75.0 Å². The van der Waals surface area contributed by atoms with E-state index < -0.39 is 10.0 Å². The van der Waals surface area contributed by atoms with Crippen molar-refractivity contribution in [3.05, 3.63) is 59.7 Å². The predicted octanol–water partition coefficient (Wildman–Crippen LogP) is 5.63. The minimum absolute atomic E-state index is 0.0311. The van der Waals surface area contributed by atoms with Gasteiger partial charge in [0, 0.05) is 43.5 Å². The molecule has 1 aliphatic carbocycles. The number of hydrogen-bond donors (Lipinski definition) is 0. The largest absolute Gasteiger partial charge is 0.299 e. The summed E-state index contributed by atoms with van der Waals surface area (Å²) in [5.41, 5.74) is 3.60. The molecule has 2 fully saturated rings. The Bertz CT molecular complexity index is 1420. The van der Waals surface area contributed by atoms with E-state index >= 15 is 0 Å². The molecule has 0 spiro atoms. The van der Waals surface area contributed by atoms with Gasteiger partial charge in [0.05, 0.1) is 4.90 Å². The van der Waals surface area contributed by atoms with Crippen LogP contribution in [0.25, 0.3) is 11.4 Å². The van der Waals surface area contributed by atoms with E-state index in [-0.39, 0.29) is 5.41 Å². The summed E-state index contributed by atoms with van der Waals surface area (Å²) in [4.78, 5) is 2.91. The third-order valence-corrected chi connectivity index (χ3v) is 11.1. The summed E-state index contributed by atoms with van der Waals surface area (Å²) < 4.78 is 30.9. The monoisotopic (exact) mass is 565 g/mol. The molecule has 2 aliphatic heterocycles. The fraction of sp³-hybridized carbons (Fsp3) is 0.533. The number of hydrogen-bond acceptors (Lipinski definition) is 6. The van der Waals surface area contributed by atoms with Gasteiger partial charge in [0.25, 0.3) is 0 Å². The fourth-order valence-electron chi connectivity index (χ4n) is 5.94. The van der Waals surface area contributed by atoms with E-state index in [1.54, 1.807) is 16.1 Å². The van der Waals surface area contributed by atoms with Crippen molar-refractivity contribution in [2.24, 2.45) is 5.41 Å². The normalized spacial score (nSPS) is 20.2. The number of nitrogens with zero attached hydrogens (tertiary/aromatic N) is 5. The van der Waals surface area contributed by atoms with E-state index in [1.165, 1.54) is 18.4 Å². The van der Waals surface area contributed by atoms with Gasteiger partial charge in [0.2, 0.25) is 10.0 Å². The molecule has 3 aliphatic rings. The lowest BCUT2D eigenvalue weighted by Gasteiger charge is -2.37. The molecule has 0 bridgehead atoms. The van der Waals surface area contributed by atoms with Crippen molar-refractivity contribution >= 4 is 21.8 Å². The second-order valence-corrected chi connectivity index (χ2v) is 15.0. The quantitative estimate of drug-likeness (QED) is 0.247. The molecule has 0 unspecified atom stereocenters. The van der Waals surface area contributed by atoms with Crippen molar-refractivity contribution in [3.63, 3.8) is 0 Å². The lowest BCUT2D eigenvalue weighted by molar-refractivity contribution is 0.187. The molecule has 3 heterocycles. The Balaban J connectivity index is 1.06. The van der Waals surface area contributed by atoms with E-state index in [2.05, 4.69) is 57.8 Å². The Kier molecular flexibility index (Phi) is 7.61. The Morgan fingerprint density at radius 3 is 2.62 bits per heavy atom. The lowest BCUT2D eigenvalue weighted by atomic mass is 9.85. The van der Waals surface area contributed by atoms with E-state index in [0.29, 0.717) is 24.0 Å². The Morgan fingerprint density at radius 2 is 1.85 bits per heavy atom. The Labute approximate surface area is 237 Å². The third kappa shape index (κ3) is 5.97. The average Bonchev–Trinajstić information content (AvgIpc) is 3.69. The van der Waals surface area contributed by atoms with Crippen LogP contribution in [0.3, 0.4) is 0 Å². The van der Waals surface area contributed by atoms with Crippen LogP contribution in [0.4, 0.5) is 0 Å². The summed E-state index contributed by atoms with van der Waals surface area (Å²) in [5, 5.41) is 10.1. The van der Waals surface area contributed by atoms with Gasteiger partial charge in [-0.15, -0.1) is 10.2 Å². The maximum Gasteiger partial charge on any atom is 0.243 e. The van der Waals surface area contributed by atoms with E-state index in [0.717, 1.165) is 73.2 Å². The summed E-state index contributed by atoms with van der Waals surface area (Å²) in [7, 11) is -3.46. The topological polar surface area (TPSA) is 71.3 Å². The van der Waals surface area contributed by atoms with Crippen LogP contribution in [0.15, 0.2) is 58.6 Å². The van der Waals surface area contributed by atoms with E-state index in [1.807, 2.05) is 24.3 Å². The zero-order chi connectivity index (χ0) is 27.0. The van der Waals surface area contributed by atoms with Gasteiger partial charge < -0.3 is 0 Å². The van der Waals surface area contributed by atoms with Crippen molar-refractivity contribution in [3.8, 4) is 11.4 Å². The summed E-state index contributed by atoms with van der Waals surface area (Å²) in [6.45, 7) is 8.36. The highest BCUT2D eigenvalue weighted by Crippen LogP contribution is 2.41. The molecule has 1 saturated heterocycles. The first-order valence-electron chi connectivity index (χ1n) is 14.3. The molecule has 39 heavy (non-hydrogen) atoms. The van der Waals surface area contributed by atoms with Gasteiger partial charge in [-0.3, -0.25) is 9.47 Å². The van der Waals surface area contributed by atoms with Crippen LogP contribution >= 0.6 is 11.8 Å². The second-order valence-electron chi connectivity index (χ2n) is 12.0. The number of benzene rings is 2. The summed E-state index contributed by atoms with van der Waals surface area (Å²) in [5.74, 6) is 1.97. The first-order chi connectivity index (χ1) is 18.8. The lowest BCUT2D eigenvalue weighted by Crippen LogP contribution is -2.43. The average molecular weight is 566 g/mol. The first kappa shape index (κ1) is 27.0. The molecule has 0 atom stereocenters. The number of piperidine rings is 1. The summed E-state index contributed by atoms with van der Waals surface area (Å²) >= 11 is 1.80. The first-order valence-corrected chi connectivity index (χ1v) is 16.7. The third-order valence-electron chi connectivity index (χ3n) is 8.23. The van der Waals surface area contributed by atoms with Gasteiger partial charge in [-0.05, 0) is 73.7 Å². The number of aromatic nitrogens is 3. The molecule has 208 valence electrons. The highest BCUT2D eigenvalue weighted by molar-refractivity contribution is 7.99. The van der Waals surface area contributed by atoms with Crippen LogP contribution in [0.5, 0.6) is 0 Å².